The van der Waals surface area contributed by atoms with Crippen molar-refractivity contribution < 1.29 is 4.42 Å². The normalized spacial score (nSPS) is 16.0. The molecule has 0 saturated heterocycles. The quantitative estimate of drug-likeness (QED) is 0.167. The summed E-state index contributed by atoms with van der Waals surface area (Å²) in [6.07, 6.45) is 1.83. The second kappa shape index (κ2) is 16.8. The van der Waals surface area contributed by atoms with Crippen molar-refractivity contribution in [2.45, 2.75) is 37.5 Å². The molecule has 14 rings (SSSR count). The van der Waals surface area contributed by atoms with Crippen LogP contribution < -0.4 is 0 Å². The van der Waals surface area contributed by atoms with Crippen LogP contribution in [0, 0.1) is 0 Å². The Morgan fingerprint density at radius 2 is 1.00 bits per heavy atom. The van der Waals surface area contributed by atoms with E-state index in [1.807, 2.05) is 6.07 Å². The minimum absolute atomic E-state index is 0.0248. The Bertz CT molecular complexity index is 4040. The van der Waals surface area contributed by atoms with Gasteiger partial charge in [0.15, 0.2) is 17.5 Å². The van der Waals surface area contributed by atoms with Crippen LogP contribution in [-0.2, 0) is 6.42 Å². The molecule has 4 nitrogen and oxygen atoms in total. The highest BCUT2D eigenvalue weighted by Gasteiger charge is 2.33. The van der Waals surface area contributed by atoms with Crippen molar-refractivity contribution in [3.05, 3.63) is 258 Å². The maximum absolute atomic E-state index is 6.72. The smallest absolute Gasteiger partial charge is 0.164 e. The molecule has 0 N–H and O–H groups in total. The zero-order valence-electron chi connectivity index (χ0n) is 39.3. The molecule has 12 aromatic rings. The maximum Gasteiger partial charge on any atom is 0.164 e. The Labute approximate surface area is 413 Å². The average Bonchev–Trinajstić information content (AvgIpc) is 3.72. The fourth-order valence-corrected chi connectivity index (χ4v) is 12.0. The van der Waals surface area contributed by atoms with Crippen LogP contribution in [-0.4, -0.2) is 15.0 Å². The van der Waals surface area contributed by atoms with Crippen LogP contribution in [0.1, 0.15) is 64.5 Å². The van der Waals surface area contributed by atoms with Gasteiger partial charge in [-0.3, -0.25) is 0 Å². The van der Waals surface area contributed by atoms with Crippen LogP contribution in [0.25, 0.3) is 100 Å². The lowest BCUT2D eigenvalue weighted by Gasteiger charge is -2.34. The van der Waals surface area contributed by atoms with E-state index in [2.05, 4.69) is 225 Å². The third-order valence-corrected chi connectivity index (χ3v) is 15.4. The molecule has 10 aromatic carbocycles. The first-order chi connectivity index (χ1) is 35.1. The Hall–Kier alpha value is -8.73. The molecule has 0 saturated carbocycles. The lowest BCUT2D eigenvalue weighted by molar-refractivity contribution is 0.649. The molecule has 2 aromatic heterocycles. The van der Waals surface area contributed by atoms with E-state index in [0.717, 1.165) is 62.6 Å². The van der Waals surface area contributed by atoms with E-state index in [0.29, 0.717) is 17.5 Å². The molecule has 3 atom stereocenters. The van der Waals surface area contributed by atoms with E-state index in [4.69, 9.17) is 19.4 Å². The summed E-state index contributed by atoms with van der Waals surface area (Å²) in [6.45, 7) is 2.37. The van der Waals surface area contributed by atoms with Crippen LogP contribution in [0.3, 0.4) is 0 Å². The van der Waals surface area contributed by atoms with Crippen LogP contribution in [0.2, 0.25) is 0 Å². The van der Waals surface area contributed by atoms with Gasteiger partial charge in [0.1, 0.15) is 11.2 Å². The topological polar surface area (TPSA) is 51.8 Å². The Kier molecular flexibility index (Phi) is 9.73. The molecule has 0 aliphatic heterocycles. The van der Waals surface area contributed by atoms with Crippen LogP contribution in [0.4, 0.5) is 0 Å². The minimum atomic E-state index is 0.0248. The zero-order chi connectivity index (χ0) is 47.0. The van der Waals surface area contributed by atoms with E-state index >= 15 is 0 Å². The lowest BCUT2D eigenvalue weighted by Crippen LogP contribution is -2.17. The van der Waals surface area contributed by atoms with Crippen molar-refractivity contribution in [2.75, 3.05) is 0 Å². The van der Waals surface area contributed by atoms with Gasteiger partial charge in [-0.05, 0) is 133 Å². The number of nitrogens with zero attached hydrogens (tertiary/aromatic N) is 3. The van der Waals surface area contributed by atoms with Gasteiger partial charge in [0.05, 0.1) is 0 Å². The van der Waals surface area contributed by atoms with Gasteiger partial charge in [0, 0.05) is 39.3 Å². The molecule has 3 unspecified atom stereocenters. The number of aryl methyl sites for hydroxylation is 1. The van der Waals surface area contributed by atoms with Crippen LogP contribution >= 0.6 is 0 Å². The predicted octanol–water partition coefficient (Wildman–Crippen LogP) is 17.3. The van der Waals surface area contributed by atoms with Gasteiger partial charge in [0.2, 0.25) is 0 Å². The standard InChI is InChI=1S/C67H47N3O/c1-41-50-25-10-11-26-51(50)55-34-32-49(38-60(55)64(41)43-19-6-3-7-20-43)66-68-65(48-24-16-23-44(36-48)42-17-4-2-5-18-42)69-67(70-66)61-40-63-59(56-29-14-15-30-62(56)71-63)39-58(61)54-33-31-47-35-45-21-8-9-22-46(45)37-57(47)53-28-13-12-27-52(53)54/h2-30,32,34-41,54,64H,31,33H2,1H3. The molecule has 0 fully saturated rings. The second-order valence-electron chi connectivity index (χ2n) is 19.4. The highest BCUT2D eigenvalue weighted by molar-refractivity contribution is 6.06. The summed E-state index contributed by atoms with van der Waals surface area (Å²) in [5, 5.41) is 4.71. The van der Waals surface area contributed by atoms with Gasteiger partial charge in [-0.1, -0.05) is 195 Å². The predicted molar refractivity (Wildman–Crippen MR) is 291 cm³/mol. The monoisotopic (exact) mass is 909 g/mol. The van der Waals surface area contributed by atoms with Gasteiger partial charge >= 0.3 is 0 Å². The first-order valence-corrected chi connectivity index (χ1v) is 24.9. The first-order valence-electron chi connectivity index (χ1n) is 24.9. The number of para-hydroxylation sites is 1. The van der Waals surface area contributed by atoms with Crippen molar-refractivity contribution in [1.82, 2.24) is 15.0 Å². The fourth-order valence-electron chi connectivity index (χ4n) is 12.0. The molecule has 2 aliphatic carbocycles. The lowest BCUT2D eigenvalue weighted by atomic mass is 9.69. The van der Waals surface area contributed by atoms with Crippen molar-refractivity contribution in [2.24, 2.45) is 0 Å². The zero-order valence-corrected chi connectivity index (χ0v) is 39.3. The van der Waals surface area contributed by atoms with E-state index in [1.165, 1.54) is 66.4 Å². The average molecular weight is 910 g/mol. The first kappa shape index (κ1) is 41.3. The van der Waals surface area contributed by atoms with E-state index in [1.54, 1.807) is 0 Å². The largest absolute Gasteiger partial charge is 0.456 e. The van der Waals surface area contributed by atoms with Crippen molar-refractivity contribution in [3.8, 4) is 67.5 Å². The van der Waals surface area contributed by atoms with Gasteiger partial charge in [-0.25, -0.2) is 15.0 Å². The highest BCUT2D eigenvalue weighted by Crippen LogP contribution is 2.51. The van der Waals surface area contributed by atoms with Gasteiger partial charge in [-0.15, -0.1) is 0 Å². The second-order valence-corrected chi connectivity index (χ2v) is 19.4. The van der Waals surface area contributed by atoms with Gasteiger partial charge < -0.3 is 4.42 Å². The Morgan fingerprint density at radius 1 is 0.380 bits per heavy atom. The molecule has 0 bridgehead atoms. The fraction of sp³-hybridized carbons (Fsp3) is 0.0896. The summed E-state index contributed by atoms with van der Waals surface area (Å²) in [7, 11) is 0. The molecule has 336 valence electrons. The van der Waals surface area contributed by atoms with Crippen molar-refractivity contribution in [3.63, 3.8) is 0 Å². The number of fused-ring (bicyclic) bond motifs is 10. The minimum Gasteiger partial charge on any atom is -0.456 e. The molecule has 0 amide bonds. The molecule has 4 heteroatoms. The van der Waals surface area contributed by atoms with E-state index in [9.17, 15) is 0 Å². The number of aromatic nitrogens is 3. The molecule has 0 radical (unpaired) electrons. The number of rotatable bonds is 6. The van der Waals surface area contributed by atoms with Gasteiger partial charge in [-0.2, -0.15) is 0 Å². The third-order valence-electron chi connectivity index (χ3n) is 15.4. The summed E-state index contributed by atoms with van der Waals surface area (Å²) in [5.41, 5.74) is 19.6. The Balaban J connectivity index is 1.01. The molecule has 71 heavy (non-hydrogen) atoms. The summed E-state index contributed by atoms with van der Waals surface area (Å²) in [6, 6.07) is 81.4. The maximum atomic E-state index is 6.72. The highest BCUT2D eigenvalue weighted by atomic mass is 16.3. The van der Waals surface area contributed by atoms with E-state index < -0.39 is 0 Å². The summed E-state index contributed by atoms with van der Waals surface area (Å²) < 4.78 is 6.72. The van der Waals surface area contributed by atoms with Crippen molar-refractivity contribution >= 4 is 32.7 Å². The molecular formula is C67H47N3O. The van der Waals surface area contributed by atoms with Crippen LogP contribution in [0.5, 0.6) is 0 Å². The third kappa shape index (κ3) is 7.01. The molecule has 2 aliphatic rings. The molecule has 0 spiro atoms. The van der Waals surface area contributed by atoms with Gasteiger partial charge in [0.25, 0.3) is 0 Å². The van der Waals surface area contributed by atoms with Crippen LogP contribution in [0.15, 0.2) is 229 Å². The number of hydrogen-bond acceptors (Lipinski definition) is 4. The van der Waals surface area contributed by atoms with Crippen molar-refractivity contribution in [1.29, 1.82) is 0 Å². The Morgan fingerprint density at radius 3 is 1.82 bits per heavy atom. The number of hydrogen-bond donors (Lipinski definition) is 0. The SMILES string of the molecule is CC1c2ccccc2-c2ccc(-c3nc(-c4cccc(-c5ccccc5)c4)nc(-c4cc5oc6ccccc6c5cc4C4CCc5cc6ccccc6cc5-c5ccccc54)n3)cc2C1c1ccccc1. The number of furan rings is 1. The summed E-state index contributed by atoms with van der Waals surface area (Å²) >= 11 is 0. The number of benzene rings is 10. The summed E-state index contributed by atoms with van der Waals surface area (Å²) in [5.74, 6) is 2.29. The summed E-state index contributed by atoms with van der Waals surface area (Å²) in [4.78, 5) is 16.6. The molecule has 2 heterocycles. The molecular weight excluding hydrogens is 863 g/mol. The van der Waals surface area contributed by atoms with E-state index in [-0.39, 0.29) is 17.8 Å².